The molecule has 0 spiro atoms. The first-order chi connectivity index (χ1) is 38.0. The second-order valence-corrected chi connectivity index (χ2v) is 23.2. The van der Waals surface area contributed by atoms with Crippen molar-refractivity contribution in [3.8, 4) is 0 Å². The number of amides is 1. The van der Waals surface area contributed by atoms with Crippen LogP contribution in [-0.4, -0.2) is 73.4 Å². The van der Waals surface area contributed by atoms with Crippen molar-refractivity contribution < 1.29 is 32.9 Å². The molecule has 0 rings (SSSR count). The number of carbonyl (C=O) groups excluding carboxylic acids is 1. The maximum Gasteiger partial charge on any atom is 0.472 e. The van der Waals surface area contributed by atoms with Gasteiger partial charge in [-0.3, -0.25) is 13.8 Å². The highest BCUT2D eigenvalue weighted by atomic mass is 31.2. The molecule has 0 fully saturated rings. The molecule has 0 aliphatic heterocycles. The largest absolute Gasteiger partial charge is 0.472 e. The molecule has 0 bridgehead atoms. The van der Waals surface area contributed by atoms with Crippen molar-refractivity contribution in [3.63, 3.8) is 0 Å². The molecular weight excluding hydrogens is 984 g/mol. The Kier molecular flexibility index (Phi) is 55.4. The normalized spacial score (nSPS) is 14.8. The van der Waals surface area contributed by atoms with Gasteiger partial charge in [-0.25, -0.2) is 4.57 Å². The number of nitrogens with zero attached hydrogens (tertiary/aromatic N) is 1. The lowest BCUT2D eigenvalue weighted by atomic mass is 10.0. The summed E-state index contributed by atoms with van der Waals surface area (Å²) in [6.07, 6.45) is 89.2. The molecule has 0 saturated heterocycles. The van der Waals surface area contributed by atoms with E-state index in [-0.39, 0.29) is 19.1 Å². The van der Waals surface area contributed by atoms with E-state index in [0.717, 1.165) is 128 Å². The topological polar surface area (TPSA) is 105 Å². The van der Waals surface area contributed by atoms with Gasteiger partial charge in [-0.1, -0.05) is 269 Å². The zero-order valence-electron chi connectivity index (χ0n) is 50.6. The van der Waals surface area contributed by atoms with Gasteiger partial charge in [0.25, 0.3) is 0 Å². The van der Waals surface area contributed by atoms with Crippen LogP contribution in [-0.2, 0) is 18.4 Å². The Morgan fingerprint density at radius 1 is 0.449 bits per heavy atom. The Morgan fingerprint density at radius 3 is 1.13 bits per heavy atom. The Labute approximate surface area is 480 Å². The van der Waals surface area contributed by atoms with Crippen LogP contribution in [0.1, 0.15) is 232 Å². The van der Waals surface area contributed by atoms with Crippen molar-refractivity contribution in [1.82, 2.24) is 5.32 Å². The zero-order valence-corrected chi connectivity index (χ0v) is 51.5. The van der Waals surface area contributed by atoms with Crippen molar-refractivity contribution >= 4 is 13.7 Å². The quantitative estimate of drug-likeness (QED) is 0.0243. The van der Waals surface area contributed by atoms with Crippen LogP contribution in [0.3, 0.4) is 0 Å². The van der Waals surface area contributed by atoms with Crippen LogP contribution in [0, 0.1) is 0 Å². The van der Waals surface area contributed by atoms with Gasteiger partial charge in [0.2, 0.25) is 5.91 Å². The number of phosphoric acid groups is 1. The van der Waals surface area contributed by atoms with Crippen LogP contribution < -0.4 is 5.32 Å². The summed E-state index contributed by atoms with van der Waals surface area (Å²) in [7, 11) is 1.58. The molecule has 3 N–H and O–H groups in total. The average Bonchev–Trinajstić information content (AvgIpc) is 3.41. The molecular formula is C69H118N2O6P+. The first-order valence-corrected chi connectivity index (χ1v) is 32.7. The van der Waals surface area contributed by atoms with E-state index in [1.807, 2.05) is 21.1 Å². The van der Waals surface area contributed by atoms with Crippen LogP contribution in [0.4, 0.5) is 0 Å². The lowest BCUT2D eigenvalue weighted by Crippen LogP contribution is -2.46. The molecule has 0 aromatic carbocycles. The molecule has 444 valence electrons. The van der Waals surface area contributed by atoms with Crippen molar-refractivity contribution in [2.75, 3.05) is 40.9 Å². The number of nitrogens with one attached hydrogen (secondary N) is 1. The maximum absolute atomic E-state index is 13.0. The maximum atomic E-state index is 13.0. The smallest absolute Gasteiger partial charge is 0.391 e. The van der Waals surface area contributed by atoms with Crippen LogP contribution in [0.25, 0.3) is 0 Å². The second-order valence-electron chi connectivity index (χ2n) is 21.7. The third-order valence-electron chi connectivity index (χ3n) is 13.1. The molecule has 0 aliphatic rings. The summed E-state index contributed by atoms with van der Waals surface area (Å²) in [5.41, 5.74) is 0. The van der Waals surface area contributed by atoms with E-state index >= 15 is 0 Å². The highest BCUT2D eigenvalue weighted by molar-refractivity contribution is 7.47. The number of hydrogen-bond acceptors (Lipinski definition) is 5. The van der Waals surface area contributed by atoms with Gasteiger partial charge in [0, 0.05) is 6.42 Å². The lowest BCUT2D eigenvalue weighted by molar-refractivity contribution is -0.870. The molecule has 3 unspecified atom stereocenters. The Balaban J connectivity index is 4.17. The van der Waals surface area contributed by atoms with Crippen molar-refractivity contribution in [1.29, 1.82) is 0 Å². The first kappa shape index (κ1) is 74.4. The van der Waals surface area contributed by atoms with Gasteiger partial charge < -0.3 is 19.8 Å². The number of hydrogen-bond donors (Lipinski definition) is 3. The first-order valence-electron chi connectivity index (χ1n) is 31.2. The van der Waals surface area contributed by atoms with Crippen molar-refractivity contribution in [2.24, 2.45) is 0 Å². The fraction of sp³-hybridized carbons (Fsp3) is 0.638. The van der Waals surface area contributed by atoms with E-state index < -0.39 is 20.0 Å². The molecule has 8 nitrogen and oxygen atoms in total. The van der Waals surface area contributed by atoms with Gasteiger partial charge in [-0.05, 0) is 103 Å². The summed E-state index contributed by atoms with van der Waals surface area (Å²) >= 11 is 0. The van der Waals surface area contributed by atoms with Crippen LogP contribution >= 0.6 is 7.82 Å². The summed E-state index contributed by atoms with van der Waals surface area (Å²) < 4.78 is 23.8. The molecule has 0 aromatic heterocycles. The summed E-state index contributed by atoms with van der Waals surface area (Å²) in [5, 5.41) is 14.0. The summed E-state index contributed by atoms with van der Waals surface area (Å²) in [4.78, 5) is 23.3. The molecule has 3 atom stereocenters. The summed E-state index contributed by atoms with van der Waals surface area (Å²) in [5.74, 6) is -0.174. The number of allylic oxidation sites excluding steroid dienone is 24. The molecule has 0 radical (unpaired) electrons. The summed E-state index contributed by atoms with van der Waals surface area (Å²) in [6, 6.07) is -0.785. The number of carbonyl (C=O) groups is 1. The molecule has 0 aromatic rings. The third-order valence-corrected chi connectivity index (χ3v) is 14.1. The number of quaternary nitrogens is 1. The van der Waals surface area contributed by atoms with Gasteiger partial charge in [0.15, 0.2) is 0 Å². The number of aliphatic hydroxyl groups excluding tert-OH is 1. The Morgan fingerprint density at radius 2 is 0.769 bits per heavy atom. The Hall–Kier alpha value is -3.62. The van der Waals surface area contributed by atoms with Crippen molar-refractivity contribution in [2.45, 2.75) is 244 Å². The standard InChI is InChI=1S/C69H117N2O6P/c1-6-8-10-12-14-16-18-20-22-23-24-25-26-27-28-29-30-31-32-33-34-35-36-37-38-39-40-41-42-43-44-45-46-47-49-51-53-55-57-59-61-63-69(73)70-67(66-77-78(74,75)76-65-64-71(3,4)5)68(72)62-60-58-56-54-52-50-48-21-19-17-15-13-11-9-7-2/h8,10,14,16,20,22,24-25,27-28,30-31,33-34,36-37,39-40,42-43,45-46,49,51,67-68,72H,6-7,9,11-13,15,17-19,21,23,26,29,32,35,38,41,44,47-48,50,52-66H2,1-5H3,(H-,70,73,74,75)/p+1/b10-8-,16-14-,22-20-,25-24-,28-27-,31-30-,34-33-,37-36-,40-39-,43-42-,46-45-,51-49-. The van der Waals surface area contributed by atoms with Crippen LogP contribution in [0.2, 0.25) is 0 Å². The van der Waals surface area contributed by atoms with Crippen LogP contribution in [0.15, 0.2) is 146 Å². The van der Waals surface area contributed by atoms with Gasteiger partial charge >= 0.3 is 7.82 Å². The number of aliphatic hydroxyl groups is 1. The SMILES string of the molecule is CC/C=C\C/C=C\C/C=C\C/C=C\C/C=C\C/C=C\C/C=C\C/C=C\C/C=C\C/C=C\C/C=C\C/C=C\CCCCCCC(=O)NC(COP(=O)(O)OCC[N+](C)(C)C)C(O)CCCCCCCCCCCCCCCCC. The minimum atomic E-state index is -4.34. The van der Waals surface area contributed by atoms with E-state index in [1.165, 1.54) is 77.0 Å². The van der Waals surface area contributed by atoms with E-state index in [0.29, 0.717) is 23.9 Å². The molecule has 0 heterocycles. The molecule has 78 heavy (non-hydrogen) atoms. The second kappa shape index (κ2) is 58.0. The highest BCUT2D eigenvalue weighted by Crippen LogP contribution is 2.43. The van der Waals surface area contributed by atoms with E-state index in [1.54, 1.807) is 0 Å². The highest BCUT2D eigenvalue weighted by Gasteiger charge is 2.28. The lowest BCUT2D eigenvalue weighted by Gasteiger charge is -2.26. The number of likely N-dealkylation sites (N-methyl/N-ethyl adjacent to an activating group) is 1. The number of phosphoric ester groups is 1. The predicted molar refractivity (Wildman–Crippen MR) is 341 cm³/mol. The monoisotopic (exact) mass is 1100 g/mol. The minimum absolute atomic E-state index is 0.0621. The fourth-order valence-electron chi connectivity index (χ4n) is 8.26. The predicted octanol–water partition coefficient (Wildman–Crippen LogP) is 19.6. The molecule has 0 saturated carbocycles. The zero-order chi connectivity index (χ0) is 57.0. The molecule has 1 amide bonds. The third kappa shape index (κ3) is 60.0. The van der Waals surface area contributed by atoms with E-state index in [2.05, 4.69) is 165 Å². The van der Waals surface area contributed by atoms with Crippen LogP contribution in [0.5, 0.6) is 0 Å². The average molecular weight is 1100 g/mol. The van der Waals surface area contributed by atoms with Gasteiger partial charge in [-0.15, -0.1) is 0 Å². The van der Waals surface area contributed by atoms with Gasteiger partial charge in [0.05, 0.1) is 39.9 Å². The molecule has 0 aliphatic carbocycles. The fourth-order valence-corrected chi connectivity index (χ4v) is 9.00. The van der Waals surface area contributed by atoms with Crippen molar-refractivity contribution in [3.05, 3.63) is 146 Å². The van der Waals surface area contributed by atoms with E-state index in [4.69, 9.17) is 9.05 Å². The Bertz CT molecular complexity index is 1780. The van der Waals surface area contributed by atoms with Gasteiger partial charge in [0.1, 0.15) is 13.2 Å². The molecule has 9 heteroatoms. The minimum Gasteiger partial charge on any atom is -0.391 e. The number of unbranched alkanes of at least 4 members (excludes halogenated alkanes) is 18. The number of rotatable bonds is 55. The summed E-state index contributed by atoms with van der Waals surface area (Å²) in [6.45, 7) is 4.74. The van der Waals surface area contributed by atoms with E-state index in [9.17, 15) is 19.4 Å². The van der Waals surface area contributed by atoms with Gasteiger partial charge in [-0.2, -0.15) is 0 Å².